The maximum atomic E-state index is 11.7. The zero-order valence-corrected chi connectivity index (χ0v) is 27.3. The van der Waals surface area contributed by atoms with Gasteiger partial charge in [-0.3, -0.25) is 4.79 Å². The maximum absolute atomic E-state index is 11.7. The van der Waals surface area contributed by atoms with Gasteiger partial charge in [0, 0.05) is 43.3 Å². The highest BCUT2D eigenvalue weighted by Gasteiger charge is 2.37. The van der Waals surface area contributed by atoms with E-state index in [4.69, 9.17) is 14.9 Å². The molecule has 0 saturated carbocycles. The number of carbonyl (C=O) groups excluding carboxylic acids is 1. The number of aromatic nitrogens is 4. The first-order valence-electron chi connectivity index (χ1n) is 15.2. The Morgan fingerprint density at radius 2 is 1.84 bits per heavy atom. The highest BCUT2D eigenvalue weighted by atomic mass is 28.4. The molecule has 3 heterocycles. The van der Waals surface area contributed by atoms with Gasteiger partial charge < -0.3 is 28.6 Å². The maximum Gasteiger partial charge on any atom is 0.268 e. The number of hydrogen-bond acceptors (Lipinski definition) is 4. The molecule has 9 heteroatoms. The quantitative estimate of drug-likeness (QED) is 0.116. The molecule has 2 N–H and O–H groups in total. The first kappa shape index (κ1) is 30.6. The minimum Gasteiger partial charge on any atom is -0.494 e. The van der Waals surface area contributed by atoms with Gasteiger partial charge in [0.2, 0.25) is 0 Å². The second-order valence-corrected chi connectivity index (χ2v) is 17.8. The second kappa shape index (κ2) is 12.4. The van der Waals surface area contributed by atoms with Gasteiger partial charge in [-0.1, -0.05) is 39.0 Å². The molecule has 8 nitrogen and oxygen atoms in total. The number of carbonyl (C=O) groups is 1. The second-order valence-electron chi connectivity index (χ2n) is 13.0. The van der Waals surface area contributed by atoms with Crippen molar-refractivity contribution in [1.29, 1.82) is 0 Å². The van der Waals surface area contributed by atoms with E-state index in [0.717, 1.165) is 37.1 Å². The molecule has 0 aliphatic heterocycles. The van der Waals surface area contributed by atoms with Crippen LogP contribution >= 0.6 is 0 Å². The molecule has 0 unspecified atom stereocenters. The van der Waals surface area contributed by atoms with E-state index >= 15 is 0 Å². The number of hydrogen-bond donors (Lipinski definition) is 1. The zero-order chi connectivity index (χ0) is 30.8. The lowest BCUT2D eigenvalue weighted by molar-refractivity contribution is 0.0995. The Labute approximate surface area is 255 Å². The Kier molecular flexibility index (Phi) is 8.85. The van der Waals surface area contributed by atoms with Crippen molar-refractivity contribution < 1.29 is 14.0 Å². The average Bonchev–Trinajstić information content (AvgIpc) is 3.69. The zero-order valence-electron chi connectivity index (χ0n) is 26.3. The molecule has 5 aromatic rings. The first-order valence-corrected chi connectivity index (χ1v) is 18.1. The Morgan fingerprint density at radius 3 is 2.56 bits per heavy atom. The lowest BCUT2D eigenvalue weighted by Gasteiger charge is -2.37. The molecule has 0 spiro atoms. The summed E-state index contributed by atoms with van der Waals surface area (Å²) in [5.74, 6) is 0.354. The highest BCUT2D eigenvalue weighted by molar-refractivity contribution is 6.74. The SMILES string of the molecule is Cn1c(CCCOc2ccc3ccn(CC[C@H](CO[Si](C)(C)C(C)(C)C)n4cnc(C(N)=O)c4)c3c2)cc2ccccc21. The molecule has 2 aromatic carbocycles. The van der Waals surface area contributed by atoms with E-state index in [1.165, 1.54) is 22.0 Å². The van der Waals surface area contributed by atoms with Crippen LogP contribution in [-0.4, -0.2) is 46.1 Å². The van der Waals surface area contributed by atoms with E-state index in [2.05, 4.69) is 116 Å². The van der Waals surface area contributed by atoms with Crippen LogP contribution in [0.1, 0.15) is 55.8 Å². The molecule has 0 radical (unpaired) electrons. The summed E-state index contributed by atoms with van der Waals surface area (Å²) < 4.78 is 19.3. The molecule has 5 rings (SSSR count). The van der Waals surface area contributed by atoms with Crippen molar-refractivity contribution in [1.82, 2.24) is 18.7 Å². The van der Waals surface area contributed by atoms with E-state index in [9.17, 15) is 4.79 Å². The van der Waals surface area contributed by atoms with Crippen LogP contribution in [0.2, 0.25) is 18.1 Å². The number of nitrogens with zero attached hydrogens (tertiary/aromatic N) is 4. The smallest absolute Gasteiger partial charge is 0.268 e. The van der Waals surface area contributed by atoms with Gasteiger partial charge >= 0.3 is 0 Å². The summed E-state index contributed by atoms with van der Waals surface area (Å²) in [6, 6.07) is 19.2. The van der Waals surface area contributed by atoms with Gasteiger partial charge in [0.25, 0.3) is 5.91 Å². The number of imidazole rings is 1. The van der Waals surface area contributed by atoms with E-state index in [0.29, 0.717) is 13.2 Å². The number of fused-ring (bicyclic) bond motifs is 2. The molecular weight excluding hydrogens is 554 g/mol. The first-order chi connectivity index (χ1) is 20.4. The van der Waals surface area contributed by atoms with Gasteiger partial charge in [0.15, 0.2) is 8.32 Å². The van der Waals surface area contributed by atoms with Gasteiger partial charge in [-0.2, -0.15) is 0 Å². The standard InChI is InChI=1S/C34H45N5O3Si/c1-34(2,3)43(5,6)42-23-28(39-22-30(33(35)40)36-24-39)16-18-38-17-15-25-13-14-29(21-32(25)38)41-19-9-11-27-20-26-10-7-8-12-31(26)37(27)4/h7-8,10,12-15,17,20-22,24,28H,9,11,16,18-19,23H2,1-6H3,(H2,35,40)/t28-/m1/s1. The third kappa shape index (κ3) is 6.89. The molecule has 3 aromatic heterocycles. The van der Waals surface area contributed by atoms with Crippen LogP contribution in [0, 0.1) is 0 Å². The fourth-order valence-electron chi connectivity index (χ4n) is 5.27. The third-order valence-corrected chi connectivity index (χ3v) is 13.6. The van der Waals surface area contributed by atoms with Crippen LogP contribution in [0.25, 0.3) is 21.8 Å². The Morgan fingerprint density at radius 1 is 1.05 bits per heavy atom. The van der Waals surface area contributed by atoms with Gasteiger partial charge in [-0.15, -0.1) is 0 Å². The van der Waals surface area contributed by atoms with Crippen molar-refractivity contribution >= 4 is 36.0 Å². The van der Waals surface area contributed by atoms with Crippen molar-refractivity contribution in [3.05, 3.63) is 84.7 Å². The topological polar surface area (TPSA) is 89.2 Å². The third-order valence-electron chi connectivity index (χ3n) is 9.06. The molecule has 1 amide bonds. The molecule has 0 aliphatic carbocycles. The monoisotopic (exact) mass is 599 g/mol. The highest BCUT2D eigenvalue weighted by Crippen LogP contribution is 2.37. The summed E-state index contributed by atoms with van der Waals surface area (Å²) in [4.78, 5) is 16.0. The molecular formula is C34H45N5O3Si. The molecule has 1 atom stereocenters. The van der Waals surface area contributed by atoms with Crippen molar-refractivity contribution in [2.24, 2.45) is 12.8 Å². The summed E-state index contributed by atoms with van der Waals surface area (Å²) in [6.45, 7) is 13.2. The van der Waals surface area contributed by atoms with Crippen LogP contribution in [0.4, 0.5) is 0 Å². The van der Waals surface area contributed by atoms with E-state index in [-0.39, 0.29) is 16.8 Å². The van der Waals surface area contributed by atoms with Crippen molar-refractivity contribution in [3.63, 3.8) is 0 Å². The van der Waals surface area contributed by atoms with Crippen LogP contribution < -0.4 is 10.5 Å². The summed E-state index contributed by atoms with van der Waals surface area (Å²) in [7, 11) is 0.171. The average molecular weight is 600 g/mol. The largest absolute Gasteiger partial charge is 0.494 e. The van der Waals surface area contributed by atoms with Crippen molar-refractivity contribution in [2.45, 2.75) is 70.8 Å². The minimum atomic E-state index is -1.96. The van der Waals surface area contributed by atoms with E-state index in [1.807, 2.05) is 4.57 Å². The van der Waals surface area contributed by atoms with Crippen molar-refractivity contribution in [2.75, 3.05) is 13.2 Å². The minimum absolute atomic E-state index is 0.0146. The normalized spacial score (nSPS) is 13.2. The summed E-state index contributed by atoms with van der Waals surface area (Å²) in [5.41, 5.74) is 9.49. The van der Waals surface area contributed by atoms with E-state index in [1.54, 1.807) is 12.5 Å². The van der Waals surface area contributed by atoms with Gasteiger partial charge in [-0.25, -0.2) is 4.98 Å². The van der Waals surface area contributed by atoms with Gasteiger partial charge in [0.1, 0.15) is 11.4 Å². The lowest BCUT2D eigenvalue weighted by Crippen LogP contribution is -2.42. The van der Waals surface area contributed by atoms with Crippen molar-refractivity contribution in [3.8, 4) is 5.75 Å². The summed E-state index contributed by atoms with van der Waals surface area (Å²) >= 11 is 0. The van der Waals surface area contributed by atoms with Crippen LogP contribution in [-0.2, 0) is 24.4 Å². The number of ether oxygens (including phenoxy) is 1. The predicted molar refractivity (Wildman–Crippen MR) is 176 cm³/mol. The van der Waals surface area contributed by atoms with Crippen LogP contribution in [0.15, 0.2) is 73.3 Å². The number of nitrogens with two attached hydrogens (primary N) is 1. The molecule has 0 fully saturated rings. The Balaban J connectivity index is 1.24. The lowest BCUT2D eigenvalue weighted by atomic mass is 10.2. The van der Waals surface area contributed by atoms with Crippen LogP contribution in [0.3, 0.4) is 0 Å². The van der Waals surface area contributed by atoms with Gasteiger partial charge in [-0.05, 0) is 78.5 Å². The molecule has 0 saturated heterocycles. The van der Waals surface area contributed by atoms with E-state index < -0.39 is 14.2 Å². The predicted octanol–water partition coefficient (Wildman–Crippen LogP) is 7.09. The number of benzene rings is 2. The number of amides is 1. The molecule has 43 heavy (non-hydrogen) atoms. The molecule has 0 aliphatic rings. The Bertz CT molecular complexity index is 1710. The summed E-state index contributed by atoms with van der Waals surface area (Å²) in [5, 5.41) is 2.56. The van der Waals surface area contributed by atoms with Gasteiger partial charge in [0.05, 0.1) is 31.1 Å². The Hall–Kier alpha value is -3.82. The number of para-hydroxylation sites is 1. The number of aryl methyl sites for hydroxylation is 3. The number of rotatable bonds is 13. The number of primary amides is 1. The fraction of sp³-hybridized carbons (Fsp3) is 0.412. The van der Waals surface area contributed by atoms with Crippen LogP contribution in [0.5, 0.6) is 5.75 Å². The summed E-state index contributed by atoms with van der Waals surface area (Å²) in [6.07, 6.45) is 8.27. The molecule has 0 bridgehead atoms. The molecule has 228 valence electrons. The fourth-order valence-corrected chi connectivity index (χ4v) is 6.31.